The van der Waals surface area contributed by atoms with Crippen molar-refractivity contribution >= 4 is 17.7 Å². The highest BCUT2D eigenvalue weighted by molar-refractivity contribution is 5.79. The van der Waals surface area contributed by atoms with Gasteiger partial charge in [0.15, 0.2) is 11.5 Å². The molecule has 0 fully saturated rings. The van der Waals surface area contributed by atoms with Crippen molar-refractivity contribution in [2.75, 3.05) is 13.4 Å². The third kappa shape index (κ3) is 3.83. The van der Waals surface area contributed by atoms with E-state index < -0.39 is 28.9 Å². The SMILES string of the molecule is CC(COC(=O)N[C@@H](C)C(=O)O)c1cc2c(cc1[N+](=O)[O-])OCO2. The number of nitrogens with one attached hydrogen (secondary N) is 1. The Balaban J connectivity index is 2.07. The Bertz CT molecular complexity index is 675. The molecular formula is C14H16N2O8. The molecule has 1 amide bonds. The van der Waals surface area contributed by atoms with Crippen LogP contribution in [0.4, 0.5) is 10.5 Å². The number of aliphatic carboxylic acids is 1. The molecule has 0 saturated carbocycles. The maximum absolute atomic E-state index is 11.5. The Morgan fingerprint density at radius 1 is 1.38 bits per heavy atom. The van der Waals surface area contributed by atoms with E-state index in [1.807, 2.05) is 0 Å². The minimum atomic E-state index is -1.20. The number of ether oxygens (including phenoxy) is 3. The third-order valence-corrected chi connectivity index (χ3v) is 3.42. The Labute approximate surface area is 136 Å². The van der Waals surface area contributed by atoms with Gasteiger partial charge in [0.05, 0.1) is 11.0 Å². The van der Waals surface area contributed by atoms with Gasteiger partial charge < -0.3 is 24.6 Å². The number of carbonyl (C=O) groups is 2. The van der Waals surface area contributed by atoms with Gasteiger partial charge in [-0.05, 0) is 13.0 Å². The van der Waals surface area contributed by atoms with Gasteiger partial charge >= 0.3 is 12.1 Å². The lowest BCUT2D eigenvalue weighted by Crippen LogP contribution is -2.39. The van der Waals surface area contributed by atoms with Crippen LogP contribution in [0.5, 0.6) is 11.5 Å². The molecule has 2 atom stereocenters. The van der Waals surface area contributed by atoms with Crippen molar-refractivity contribution in [2.24, 2.45) is 0 Å². The zero-order valence-electron chi connectivity index (χ0n) is 13.0. The number of carboxylic acids is 1. The van der Waals surface area contributed by atoms with Gasteiger partial charge in [-0.15, -0.1) is 0 Å². The first-order chi connectivity index (χ1) is 11.3. The smallest absolute Gasteiger partial charge is 0.407 e. The summed E-state index contributed by atoms with van der Waals surface area (Å²) in [6.45, 7) is 2.74. The van der Waals surface area contributed by atoms with Crippen LogP contribution < -0.4 is 14.8 Å². The van der Waals surface area contributed by atoms with Crippen molar-refractivity contribution in [1.29, 1.82) is 0 Å². The topological polar surface area (TPSA) is 137 Å². The second-order valence-corrected chi connectivity index (χ2v) is 5.23. The number of fused-ring (bicyclic) bond motifs is 1. The summed E-state index contributed by atoms with van der Waals surface area (Å²) in [6.07, 6.45) is -0.917. The van der Waals surface area contributed by atoms with Crippen molar-refractivity contribution in [1.82, 2.24) is 5.32 Å². The van der Waals surface area contributed by atoms with Crippen LogP contribution >= 0.6 is 0 Å². The fourth-order valence-electron chi connectivity index (χ4n) is 2.07. The normalized spacial score (nSPS) is 14.6. The Morgan fingerprint density at radius 3 is 2.58 bits per heavy atom. The standard InChI is InChI=1S/C14H16N2O8/c1-7(5-22-14(19)15-8(2)13(17)18)9-3-11-12(24-6-23-11)4-10(9)16(20)21/h3-4,7-8H,5-6H2,1-2H3,(H,15,19)(H,17,18)/t7?,8-/m0/s1. The largest absolute Gasteiger partial charge is 0.480 e. The van der Waals surface area contributed by atoms with E-state index in [-0.39, 0.29) is 24.8 Å². The van der Waals surface area contributed by atoms with Crippen molar-refractivity contribution < 1.29 is 33.8 Å². The molecule has 1 aromatic carbocycles. The maximum Gasteiger partial charge on any atom is 0.407 e. The molecule has 0 aliphatic carbocycles. The van der Waals surface area contributed by atoms with E-state index in [1.54, 1.807) is 6.92 Å². The average molecular weight is 340 g/mol. The Kier molecular flexibility index (Phi) is 5.07. The fraction of sp³-hybridized carbons (Fsp3) is 0.429. The van der Waals surface area contributed by atoms with Crippen LogP contribution in [-0.4, -0.2) is 41.5 Å². The fourth-order valence-corrected chi connectivity index (χ4v) is 2.07. The summed E-state index contributed by atoms with van der Waals surface area (Å²) in [6, 6.07) is 1.64. The monoisotopic (exact) mass is 340 g/mol. The molecule has 0 radical (unpaired) electrons. The van der Waals surface area contributed by atoms with Crippen molar-refractivity contribution in [2.45, 2.75) is 25.8 Å². The molecule has 130 valence electrons. The summed E-state index contributed by atoms with van der Waals surface area (Å²) in [5.74, 6) is -1.05. The Morgan fingerprint density at radius 2 is 2.00 bits per heavy atom. The summed E-state index contributed by atoms with van der Waals surface area (Å²) in [7, 11) is 0. The molecule has 2 rings (SSSR count). The number of alkyl carbamates (subject to hydrolysis) is 1. The number of nitro groups is 1. The van der Waals surface area contributed by atoms with E-state index in [0.29, 0.717) is 11.3 Å². The first kappa shape index (κ1) is 17.3. The molecule has 1 unspecified atom stereocenters. The van der Waals surface area contributed by atoms with Gasteiger partial charge in [-0.25, -0.2) is 4.79 Å². The van der Waals surface area contributed by atoms with E-state index in [1.165, 1.54) is 19.1 Å². The molecule has 10 nitrogen and oxygen atoms in total. The van der Waals surface area contributed by atoms with E-state index in [0.717, 1.165) is 0 Å². The second-order valence-electron chi connectivity index (χ2n) is 5.23. The molecule has 10 heteroatoms. The molecule has 0 spiro atoms. The number of nitro benzene ring substituents is 1. The number of nitrogens with zero attached hydrogens (tertiary/aromatic N) is 1. The van der Waals surface area contributed by atoms with Crippen LogP contribution in [0.1, 0.15) is 25.3 Å². The third-order valence-electron chi connectivity index (χ3n) is 3.42. The van der Waals surface area contributed by atoms with Gasteiger partial charge in [0.25, 0.3) is 5.69 Å². The number of benzene rings is 1. The van der Waals surface area contributed by atoms with E-state index >= 15 is 0 Å². The second kappa shape index (κ2) is 7.02. The highest BCUT2D eigenvalue weighted by Crippen LogP contribution is 2.40. The van der Waals surface area contributed by atoms with Crippen LogP contribution in [0.3, 0.4) is 0 Å². The molecular weight excluding hydrogens is 324 g/mol. The predicted molar refractivity (Wildman–Crippen MR) is 79.2 cm³/mol. The number of hydrogen-bond acceptors (Lipinski definition) is 7. The molecule has 1 aromatic rings. The molecule has 0 aromatic heterocycles. The molecule has 24 heavy (non-hydrogen) atoms. The summed E-state index contributed by atoms with van der Waals surface area (Å²) < 4.78 is 15.2. The van der Waals surface area contributed by atoms with Crippen molar-refractivity contribution in [3.8, 4) is 11.5 Å². The molecule has 1 heterocycles. The predicted octanol–water partition coefficient (Wildman–Crippen LogP) is 1.63. The average Bonchev–Trinajstić information content (AvgIpc) is 2.98. The molecule has 0 saturated heterocycles. The van der Waals surface area contributed by atoms with Crippen molar-refractivity contribution in [3.63, 3.8) is 0 Å². The summed E-state index contributed by atoms with van der Waals surface area (Å²) in [4.78, 5) is 32.8. The lowest BCUT2D eigenvalue weighted by atomic mass is 9.99. The first-order valence-corrected chi connectivity index (χ1v) is 7.03. The Hall–Kier alpha value is -3.04. The van der Waals surface area contributed by atoms with Crippen LogP contribution in [0, 0.1) is 10.1 Å². The van der Waals surface area contributed by atoms with Gasteiger partial charge in [-0.3, -0.25) is 14.9 Å². The number of carbonyl (C=O) groups excluding carboxylic acids is 1. The quantitative estimate of drug-likeness (QED) is 0.588. The highest BCUT2D eigenvalue weighted by Gasteiger charge is 2.27. The highest BCUT2D eigenvalue weighted by atomic mass is 16.7. The zero-order valence-corrected chi connectivity index (χ0v) is 13.0. The minimum Gasteiger partial charge on any atom is -0.480 e. The number of hydrogen-bond donors (Lipinski definition) is 2. The van der Waals surface area contributed by atoms with Crippen LogP contribution in [0.25, 0.3) is 0 Å². The molecule has 1 aliphatic heterocycles. The first-order valence-electron chi connectivity index (χ1n) is 7.03. The van der Waals surface area contributed by atoms with E-state index in [2.05, 4.69) is 5.32 Å². The number of rotatable bonds is 6. The van der Waals surface area contributed by atoms with E-state index in [9.17, 15) is 19.7 Å². The summed E-state index contributed by atoms with van der Waals surface area (Å²) in [5.41, 5.74) is 0.151. The molecule has 2 N–H and O–H groups in total. The van der Waals surface area contributed by atoms with Crippen LogP contribution in [0.15, 0.2) is 12.1 Å². The van der Waals surface area contributed by atoms with Crippen LogP contribution in [-0.2, 0) is 9.53 Å². The summed E-state index contributed by atoms with van der Waals surface area (Å²) >= 11 is 0. The molecule has 0 bridgehead atoms. The number of amides is 1. The lowest BCUT2D eigenvalue weighted by molar-refractivity contribution is -0.385. The van der Waals surface area contributed by atoms with Gasteiger partial charge in [0.2, 0.25) is 6.79 Å². The molecule has 1 aliphatic rings. The van der Waals surface area contributed by atoms with Gasteiger partial charge in [-0.1, -0.05) is 6.92 Å². The van der Waals surface area contributed by atoms with E-state index in [4.69, 9.17) is 19.3 Å². The van der Waals surface area contributed by atoms with Crippen molar-refractivity contribution in [3.05, 3.63) is 27.8 Å². The lowest BCUT2D eigenvalue weighted by Gasteiger charge is -2.15. The van der Waals surface area contributed by atoms with Gasteiger partial charge in [-0.2, -0.15) is 0 Å². The van der Waals surface area contributed by atoms with Crippen LogP contribution in [0.2, 0.25) is 0 Å². The minimum absolute atomic E-state index is 0.0176. The zero-order chi connectivity index (χ0) is 17.9. The maximum atomic E-state index is 11.5. The number of carboxylic acid groups (broad SMARTS) is 1. The van der Waals surface area contributed by atoms with Gasteiger partial charge in [0.1, 0.15) is 12.6 Å². The summed E-state index contributed by atoms with van der Waals surface area (Å²) in [5, 5.41) is 22.0. The van der Waals surface area contributed by atoms with Gasteiger partial charge in [0, 0.05) is 11.5 Å².